The van der Waals surface area contributed by atoms with Crippen molar-refractivity contribution in [1.29, 1.82) is 0 Å². The van der Waals surface area contributed by atoms with Crippen LogP contribution in [0.15, 0.2) is 77.0 Å². The normalized spacial score (nSPS) is 13.2. The zero-order valence-corrected chi connectivity index (χ0v) is 27.9. The lowest BCUT2D eigenvalue weighted by atomic mass is 10.1. The van der Waals surface area contributed by atoms with Gasteiger partial charge in [-0.1, -0.05) is 36.4 Å². The molecule has 1 N–H and O–H groups in total. The molecule has 0 atom stereocenters. The van der Waals surface area contributed by atoms with Gasteiger partial charge in [-0.2, -0.15) is 18.2 Å². The van der Waals surface area contributed by atoms with E-state index in [4.69, 9.17) is 9.72 Å². The second-order valence-corrected chi connectivity index (χ2v) is 12.5. The van der Waals surface area contributed by atoms with Gasteiger partial charge in [0.05, 0.1) is 23.7 Å². The van der Waals surface area contributed by atoms with Crippen molar-refractivity contribution in [2.45, 2.75) is 57.9 Å². The summed E-state index contributed by atoms with van der Waals surface area (Å²) in [5.41, 5.74) is 1.17. The molecule has 1 aliphatic rings. The molecule has 4 aromatic heterocycles. The molecule has 0 saturated heterocycles. The highest BCUT2D eigenvalue weighted by Gasteiger charge is 2.35. The van der Waals surface area contributed by atoms with Gasteiger partial charge < -0.3 is 14.2 Å². The molecular weight excluding hydrogens is 665 g/mol. The number of aromatic amines is 1. The van der Waals surface area contributed by atoms with Gasteiger partial charge in [-0.05, 0) is 44.4 Å². The summed E-state index contributed by atoms with van der Waals surface area (Å²) >= 11 is 0. The molecule has 4 heterocycles. The van der Waals surface area contributed by atoms with Crippen LogP contribution in [0.5, 0.6) is 5.88 Å². The van der Waals surface area contributed by atoms with E-state index < -0.39 is 23.1 Å². The molecule has 1 fully saturated rings. The van der Waals surface area contributed by atoms with Gasteiger partial charge in [0.1, 0.15) is 24.0 Å². The molecule has 16 heteroatoms. The van der Waals surface area contributed by atoms with Crippen molar-refractivity contribution in [3.05, 3.63) is 105 Å². The zero-order chi connectivity index (χ0) is 35.9. The average Bonchev–Trinajstić information content (AvgIpc) is 3.87. The van der Waals surface area contributed by atoms with Crippen molar-refractivity contribution in [3.8, 4) is 28.7 Å². The Morgan fingerprint density at radius 2 is 1.73 bits per heavy atom. The van der Waals surface area contributed by atoms with E-state index in [0.29, 0.717) is 39.7 Å². The maximum Gasteiger partial charge on any atom is 0.434 e. The fourth-order valence-corrected chi connectivity index (χ4v) is 6.03. The first kappa shape index (κ1) is 33.6. The maximum absolute atomic E-state index is 13.5. The maximum atomic E-state index is 13.5. The van der Waals surface area contributed by atoms with Gasteiger partial charge in [0.2, 0.25) is 11.8 Å². The summed E-state index contributed by atoms with van der Waals surface area (Å²) in [6, 6.07) is 13.6. The molecule has 0 unspecified atom stereocenters. The van der Waals surface area contributed by atoms with Crippen LogP contribution in [0.2, 0.25) is 0 Å². The lowest BCUT2D eigenvalue weighted by Crippen LogP contribution is -2.35. The van der Waals surface area contributed by atoms with Crippen LogP contribution in [-0.2, 0) is 19.3 Å². The molecule has 51 heavy (non-hydrogen) atoms. The van der Waals surface area contributed by atoms with Crippen LogP contribution in [0.4, 0.5) is 19.1 Å². The molecule has 0 spiro atoms. The van der Waals surface area contributed by atoms with Crippen LogP contribution in [0.3, 0.4) is 0 Å². The fourth-order valence-electron chi connectivity index (χ4n) is 6.03. The number of ether oxygens (including phenoxy) is 1. The standard InChI is InChI=1S/C35H33F3N10O3/c1-20(2)48-17-26(35(36,37)38)43-30(48)23-10-8-21(9-11-23)16-46(14-15-47-25-7-5-4-6-24(25)31(49)45-34(47)50)33-42-19-40-29(44-33)27-28(22-12-13-22)39-18-41-32(27)51-3/h4-11,17-20,22H,12-16H2,1-3H3,(H,45,49,50). The van der Waals surface area contributed by atoms with Gasteiger partial charge in [-0.3, -0.25) is 14.3 Å². The molecule has 1 saturated carbocycles. The van der Waals surface area contributed by atoms with Crippen molar-refractivity contribution in [2.24, 2.45) is 0 Å². The topological polar surface area (TPSA) is 150 Å². The van der Waals surface area contributed by atoms with Crippen LogP contribution < -0.4 is 20.9 Å². The molecule has 0 amide bonds. The Bertz CT molecular complexity index is 2330. The van der Waals surface area contributed by atoms with Gasteiger partial charge in [0.15, 0.2) is 11.5 Å². The number of rotatable bonds is 11. The summed E-state index contributed by atoms with van der Waals surface area (Å²) in [7, 11) is 1.52. The van der Waals surface area contributed by atoms with Crippen LogP contribution in [0.25, 0.3) is 33.7 Å². The van der Waals surface area contributed by atoms with Crippen LogP contribution in [0.1, 0.15) is 55.6 Å². The number of nitrogens with one attached hydrogen (secondary N) is 1. The summed E-state index contributed by atoms with van der Waals surface area (Å²) in [6.07, 6.45) is 1.25. The van der Waals surface area contributed by atoms with E-state index in [1.54, 1.807) is 62.4 Å². The summed E-state index contributed by atoms with van der Waals surface area (Å²) in [6.45, 7) is 4.23. The molecule has 262 valence electrons. The number of fused-ring (bicyclic) bond motifs is 1. The minimum atomic E-state index is -4.58. The van der Waals surface area contributed by atoms with E-state index in [9.17, 15) is 22.8 Å². The summed E-state index contributed by atoms with van der Waals surface area (Å²) in [4.78, 5) is 56.3. The Morgan fingerprint density at radius 3 is 2.43 bits per heavy atom. The van der Waals surface area contributed by atoms with Gasteiger partial charge in [0.25, 0.3) is 5.56 Å². The Morgan fingerprint density at radius 1 is 0.980 bits per heavy atom. The summed E-state index contributed by atoms with van der Waals surface area (Å²) < 4.78 is 49.2. The lowest BCUT2D eigenvalue weighted by Gasteiger charge is -2.24. The van der Waals surface area contributed by atoms with E-state index in [2.05, 4.69) is 29.9 Å². The highest BCUT2D eigenvalue weighted by atomic mass is 19.4. The van der Waals surface area contributed by atoms with Gasteiger partial charge in [0, 0.05) is 43.4 Å². The second-order valence-electron chi connectivity index (χ2n) is 12.5. The highest BCUT2D eigenvalue weighted by molar-refractivity contribution is 5.77. The van der Waals surface area contributed by atoms with Crippen molar-refractivity contribution in [2.75, 3.05) is 18.6 Å². The third kappa shape index (κ3) is 6.80. The number of para-hydroxylation sites is 1. The lowest BCUT2D eigenvalue weighted by molar-refractivity contribution is -0.140. The quantitative estimate of drug-likeness (QED) is 0.187. The number of hydrogen-bond acceptors (Lipinski definition) is 10. The Labute approximate surface area is 288 Å². The smallest absolute Gasteiger partial charge is 0.434 e. The van der Waals surface area contributed by atoms with Crippen molar-refractivity contribution in [1.82, 2.24) is 44.0 Å². The number of methoxy groups -OCH3 is 1. The largest absolute Gasteiger partial charge is 0.480 e. The molecule has 1 aliphatic carbocycles. The number of aromatic nitrogens is 9. The van der Waals surface area contributed by atoms with Crippen molar-refractivity contribution in [3.63, 3.8) is 0 Å². The first-order valence-corrected chi connectivity index (χ1v) is 16.3. The third-order valence-corrected chi connectivity index (χ3v) is 8.73. The Hall–Kier alpha value is -5.93. The molecule has 6 aromatic rings. The number of imidazole rings is 1. The SMILES string of the molecule is COc1ncnc(C2CC2)c1-c1ncnc(N(CCn2c(=O)[nH]c(=O)c3ccccc32)Cc2ccc(-c3nc(C(F)(F)F)cn3C(C)C)cc2)n1. The molecule has 2 aromatic carbocycles. The number of hydrogen-bond donors (Lipinski definition) is 1. The predicted molar refractivity (Wildman–Crippen MR) is 182 cm³/mol. The van der Waals surface area contributed by atoms with E-state index in [-0.39, 0.29) is 37.4 Å². The van der Waals surface area contributed by atoms with E-state index >= 15 is 0 Å². The summed E-state index contributed by atoms with van der Waals surface area (Å²) in [5, 5.41) is 0.374. The minimum Gasteiger partial charge on any atom is -0.480 e. The number of halogens is 3. The number of nitrogens with zero attached hydrogens (tertiary/aromatic N) is 9. The molecule has 0 aliphatic heterocycles. The van der Waals surface area contributed by atoms with Gasteiger partial charge in [-0.25, -0.2) is 29.7 Å². The predicted octanol–water partition coefficient (Wildman–Crippen LogP) is 5.39. The zero-order valence-electron chi connectivity index (χ0n) is 27.9. The molecule has 0 radical (unpaired) electrons. The first-order valence-electron chi connectivity index (χ1n) is 16.3. The number of anilines is 1. The molecular formula is C35H33F3N10O3. The number of alkyl halides is 3. The molecule has 7 rings (SSSR count). The van der Waals surface area contributed by atoms with Gasteiger partial charge in [-0.15, -0.1) is 0 Å². The monoisotopic (exact) mass is 698 g/mol. The average molecular weight is 699 g/mol. The van der Waals surface area contributed by atoms with E-state index in [1.165, 1.54) is 28.9 Å². The first-order chi connectivity index (χ1) is 24.5. The number of H-pyrrole nitrogens is 1. The third-order valence-electron chi connectivity index (χ3n) is 8.73. The minimum absolute atomic E-state index is 0.159. The number of benzene rings is 2. The second kappa shape index (κ2) is 13.4. The Balaban J connectivity index is 1.26. The van der Waals surface area contributed by atoms with Crippen LogP contribution in [0, 0.1) is 0 Å². The molecule has 0 bridgehead atoms. The van der Waals surface area contributed by atoms with Gasteiger partial charge >= 0.3 is 11.9 Å². The highest BCUT2D eigenvalue weighted by Crippen LogP contribution is 2.45. The Kier molecular flexibility index (Phi) is 8.83. The molecule has 13 nitrogen and oxygen atoms in total. The van der Waals surface area contributed by atoms with Crippen LogP contribution in [-0.4, -0.2) is 57.7 Å². The van der Waals surface area contributed by atoms with E-state index in [0.717, 1.165) is 30.3 Å². The fraction of sp³-hybridized carbons (Fsp3) is 0.314. The van der Waals surface area contributed by atoms with Crippen molar-refractivity contribution < 1.29 is 17.9 Å². The van der Waals surface area contributed by atoms with Crippen LogP contribution >= 0.6 is 0 Å². The van der Waals surface area contributed by atoms with Crippen molar-refractivity contribution >= 4 is 16.9 Å². The van der Waals surface area contributed by atoms with E-state index in [1.807, 2.05) is 4.90 Å². The summed E-state index contributed by atoms with van der Waals surface area (Å²) in [5.74, 6) is 1.41.